The molecule has 1 aromatic heterocycles. The summed E-state index contributed by atoms with van der Waals surface area (Å²) in [6, 6.07) is 9.81. The van der Waals surface area contributed by atoms with E-state index in [0.29, 0.717) is 0 Å². The average molecular weight is 245 g/mol. The smallest absolute Gasteiger partial charge is 0.102 e. The third-order valence-corrected chi connectivity index (χ3v) is 1.45. The van der Waals surface area contributed by atoms with Gasteiger partial charge in [0, 0.05) is 0 Å². The van der Waals surface area contributed by atoms with Crippen molar-refractivity contribution in [2.45, 2.75) is 0 Å². The second kappa shape index (κ2) is 5.90. The predicted molar refractivity (Wildman–Crippen MR) is 46.6 cm³/mol. The van der Waals surface area contributed by atoms with E-state index in [1.165, 1.54) is 0 Å². The van der Waals surface area contributed by atoms with Crippen LogP contribution in [0.25, 0.3) is 11.3 Å². The number of oxazole rings is 1. The van der Waals surface area contributed by atoms with Gasteiger partial charge in [-0.2, -0.15) is 0 Å². The van der Waals surface area contributed by atoms with Crippen LogP contribution in [0.15, 0.2) is 40.9 Å². The van der Waals surface area contributed by atoms with Crippen molar-refractivity contribution in [3.05, 3.63) is 42.9 Å². The Morgan fingerprint density at radius 3 is 2.46 bits per heavy atom. The standard InChI is InChI=1S/C9H6NO.ClH.Zn/c1-2-4-8(5-3-1)9-6-10-7-11-9;;/h1-6H;1H;/q-1;;+2/p-1. The van der Waals surface area contributed by atoms with E-state index in [4.69, 9.17) is 14.1 Å². The van der Waals surface area contributed by atoms with E-state index >= 15 is 0 Å². The molecule has 0 radical (unpaired) electrons. The van der Waals surface area contributed by atoms with Gasteiger partial charge in [-0.1, -0.05) is 42.1 Å². The molecule has 0 spiro atoms. The molecule has 4 heteroatoms. The summed E-state index contributed by atoms with van der Waals surface area (Å²) in [5, 5.41) is 0. The summed E-state index contributed by atoms with van der Waals surface area (Å²) in [5.41, 5.74) is 1.03. The molecule has 0 aliphatic heterocycles. The number of benzene rings is 1. The number of rotatable bonds is 1. The van der Waals surface area contributed by atoms with Crippen molar-refractivity contribution in [2.75, 3.05) is 0 Å². The van der Waals surface area contributed by atoms with Crippen molar-refractivity contribution in [1.82, 2.24) is 4.98 Å². The molecule has 0 amide bonds. The van der Waals surface area contributed by atoms with E-state index in [2.05, 4.69) is 11.4 Å². The fraction of sp³-hybridized carbons (Fsp3) is 0. The maximum absolute atomic E-state index is 4.98. The van der Waals surface area contributed by atoms with Crippen molar-refractivity contribution in [3.8, 4) is 11.3 Å². The largest absolute Gasteiger partial charge is 0.573 e. The molecule has 62 valence electrons. The molecule has 0 saturated heterocycles. The minimum absolute atomic E-state index is 0.755. The van der Waals surface area contributed by atoms with Gasteiger partial charge in [0.2, 0.25) is 0 Å². The maximum atomic E-state index is 4.98. The molecule has 2 nitrogen and oxygen atoms in total. The SMILES string of the molecule is [Cl][Zn+].[c-]1ncc(-c2ccccc2)o1. The first-order valence-electron chi connectivity index (χ1n) is 3.61. The van der Waals surface area contributed by atoms with Crippen LogP contribution in [-0.4, -0.2) is 4.98 Å². The van der Waals surface area contributed by atoms with E-state index in [-0.39, 0.29) is 0 Å². The van der Waals surface area contributed by atoms with Gasteiger partial charge in [-0.3, -0.25) is 0 Å². The Balaban J connectivity index is 0.000000396. The summed E-state index contributed by atoms with van der Waals surface area (Å²) in [7, 11) is 4.76. The molecule has 0 aliphatic rings. The molecule has 0 aliphatic carbocycles. The zero-order valence-electron chi connectivity index (χ0n) is 6.90. The molecule has 0 bridgehead atoms. The van der Waals surface area contributed by atoms with E-state index < -0.39 is 0 Å². The number of hydrogen-bond donors (Lipinski definition) is 0. The summed E-state index contributed by atoms with van der Waals surface area (Å²) >= 11 is 0.847. The van der Waals surface area contributed by atoms with E-state index in [9.17, 15) is 0 Å². The van der Waals surface area contributed by atoms with Crippen LogP contribution in [0.5, 0.6) is 0 Å². The van der Waals surface area contributed by atoms with Crippen molar-refractivity contribution in [1.29, 1.82) is 0 Å². The van der Waals surface area contributed by atoms with E-state index in [1.807, 2.05) is 30.3 Å². The molecular formula is C9H6ClNOZn. The summed E-state index contributed by atoms with van der Waals surface area (Å²) in [4.78, 5) is 3.71. The molecule has 1 heterocycles. The fourth-order valence-corrected chi connectivity index (χ4v) is 0.923. The predicted octanol–water partition coefficient (Wildman–Crippen LogP) is 2.83. The molecule has 2 rings (SSSR count). The van der Waals surface area contributed by atoms with Gasteiger partial charge in [0.25, 0.3) is 0 Å². The Labute approximate surface area is 90.7 Å². The van der Waals surface area contributed by atoms with Crippen LogP contribution in [0, 0.1) is 6.39 Å². The quantitative estimate of drug-likeness (QED) is 0.570. The number of nitrogens with zero attached hydrogens (tertiary/aromatic N) is 1. The second-order valence-electron chi connectivity index (χ2n) is 2.18. The topological polar surface area (TPSA) is 26.0 Å². The molecule has 0 saturated carbocycles. The van der Waals surface area contributed by atoms with Gasteiger partial charge in [-0.25, -0.2) is 0 Å². The van der Waals surface area contributed by atoms with Gasteiger partial charge < -0.3 is 9.40 Å². The average Bonchev–Trinajstić information content (AvgIpc) is 2.75. The number of hydrogen-bond acceptors (Lipinski definition) is 2. The third kappa shape index (κ3) is 2.94. The fourth-order valence-electron chi connectivity index (χ4n) is 0.923. The summed E-state index contributed by atoms with van der Waals surface area (Å²) in [6.45, 7) is 0. The Kier molecular flexibility index (Phi) is 4.73. The minimum Gasteiger partial charge on any atom is -0.573 e. The Hall–Kier alpha value is -0.657. The molecular weight excluding hydrogens is 239 g/mol. The maximum Gasteiger partial charge on any atom is 0.102 e. The van der Waals surface area contributed by atoms with Crippen LogP contribution in [0.4, 0.5) is 0 Å². The minimum atomic E-state index is 0.755. The van der Waals surface area contributed by atoms with Crippen molar-refractivity contribution in [3.63, 3.8) is 0 Å². The second-order valence-corrected chi connectivity index (χ2v) is 2.18. The number of aromatic nitrogens is 1. The third-order valence-electron chi connectivity index (χ3n) is 1.45. The summed E-state index contributed by atoms with van der Waals surface area (Å²) in [6.07, 6.45) is 4.05. The Morgan fingerprint density at radius 1 is 1.23 bits per heavy atom. The first-order chi connectivity index (χ1) is 6.47. The van der Waals surface area contributed by atoms with Crippen LogP contribution in [-0.2, 0) is 17.3 Å². The first-order valence-corrected chi connectivity index (χ1v) is 7.51. The van der Waals surface area contributed by atoms with Crippen molar-refractivity contribution >= 4 is 9.69 Å². The van der Waals surface area contributed by atoms with Gasteiger partial charge in [-0.05, 0) is 5.76 Å². The molecule has 0 atom stereocenters. The number of halogens is 1. The zero-order chi connectivity index (χ0) is 9.52. The van der Waals surface area contributed by atoms with Crippen molar-refractivity contribution < 1.29 is 21.7 Å². The van der Waals surface area contributed by atoms with E-state index in [0.717, 1.165) is 28.6 Å². The monoisotopic (exact) mass is 243 g/mol. The van der Waals surface area contributed by atoms with E-state index in [1.54, 1.807) is 6.20 Å². The Morgan fingerprint density at radius 2 is 1.92 bits per heavy atom. The molecule has 0 unspecified atom stereocenters. The Bertz CT molecular complexity index is 323. The van der Waals surface area contributed by atoms with Gasteiger partial charge in [0.05, 0.1) is 0 Å². The van der Waals surface area contributed by atoms with Crippen LogP contribution in [0.2, 0.25) is 0 Å². The van der Waals surface area contributed by atoms with Gasteiger partial charge >= 0.3 is 27.0 Å². The first kappa shape index (κ1) is 10.4. The van der Waals surface area contributed by atoms with Gasteiger partial charge in [-0.15, -0.1) is 0 Å². The molecule has 2 aromatic rings. The van der Waals surface area contributed by atoms with Crippen LogP contribution < -0.4 is 0 Å². The molecule has 1 aromatic carbocycles. The molecule has 0 fully saturated rings. The van der Waals surface area contributed by atoms with Crippen LogP contribution >= 0.6 is 9.69 Å². The molecule has 13 heavy (non-hydrogen) atoms. The summed E-state index contributed by atoms with van der Waals surface area (Å²) < 4.78 is 4.98. The van der Waals surface area contributed by atoms with Crippen LogP contribution in [0.1, 0.15) is 0 Å². The van der Waals surface area contributed by atoms with Gasteiger partial charge in [0.15, 0.2) is 0 Å². The van der Waals surface area contributed by atoms with Crippen LogP contribution in [0.3, 0.4) is 0 Å². The normalized spacial score (nSPS) is 8.85. The summed E-state index contributed by atoms with van der Waals surface area (Å²) in [5.74, 6) is 0.755. The van der Waals surface area contributed by atoms with Crippen molar-refractivity contribution in [2.24, 2.45) is 0 Å². The zero-order valence-corrected chi connectivity index (χ0v) is 10.6. The van der Waals surface area contributed by atoms with Gasteiger partial charge in [0.1, 0.15) is 6.39 Å². The molecule has 0 N–H and O–H groups in total.